The predicted octanol–water partition coefficient (Wildman–Crippen LogP) is 3.60. The highest BCUT2D eigenvalue weighted by molar-refractivity contribution is 7.86. The number of aryl methyl sites for hydroxylation is 1. The quantitative estimate of drug-likeness (QED) is 0.474. The highest BCUT2D eigenvalue weighted by Crippen LogP contribution is 2.25. The maximum atomic E-state index is 12.2. The number of hydrogen-bond donors (Lipinski definition) is 0. The number of alkyl halides is 3. The lowest BCUT2D eigenvalue weighted by Crippen LogP contribution is -2.10. The summed E-state index contributed by atoms with van der Waals surface area (Å²) >= 11 is 0. The Balaban J connectivity index is 2.59. The first kappa shape index (κ1) is 16.7. The third kappa shape index (κ3) is 4.97. The van der Waals surface area contributed by atoms with E-state index < -0.39 is 21.9 Å². The molecule has 0 aliphatic carbocycles. The minimum Gasteiger partial charge on any atom is -0.266 e. The molecule has 0 saturated heterocycles. The molecule has 1 rings (SSSR count). The summed E-state index contributed by atoms with van der Waals surface area (Å²) in [6, 6.07) is 6.01. The summed E-state index contributed by atoms with van der Waals surface area (Å²) in [7, 11) is -3.92. The average molecular weight is 308 g/mol. The molecule has 0 saturated carbocycles. The fourth-order valence-electron chi connectivity index (χ4n) is 1.32. The molecule has 112 valence electrons. The zero-order valence-electron chi connectivity index (χ0n) is 11.1. The molecule has 0 amide bonds. The molecular weight excluding hydrogens is 293 g/mol. The van der Waals surface area contributed by atoms with E-state index in [9.17, 15) is 21.6 Å². The standard InChI is InChI=1S/C13H15F3O3S/c1-10-5-7-12(8-6-10)20(17,18)19-9-3-4-11(2)13(14,15)16/h4-8H,3,9H2,1-2H3/b11-4-. The topological polar surface area (TPSA) is 43.4 Å². The summed E-state index contributed by atoms with van der Waals surface area (Å²) in [6.07, 6.45) is -3.61. The van der Waals surface area contributed by atoms with E-state index in [0.29, 0.717) is 0 Å². The zero-order chi connectivity index (χ0) is 15.4. The molecule has 0 fully saturated rings. The van der Waals surface area contributed by atoms with Crippen molar-refractivity contribution in [3.63, 3.8) is 0 Å². The number of rotatable bonds is 5. The molecule has 1 aromatic rings. The van der Waals surface area contributed by atoms with E-state index in [1.54, 1.807) is 12.1 Å². The van der Waals surface area contributed by atoms with E-state index in [1.807, 2.05) is 6.92 Å². The van der Waals surface area contributed by atoms with E-state index in [1.165, 1.54) is 12.1 Å². The van der Waals surface area contributed by atoms with Gasteiger partial charge in [-0.2, -0.15) is 21.6 Å². The third-order valence-electron chi connectivity index (χ3n) is 2.56. The van der Waals surface area contributed by atoms with Crippen LogP contribution in [0.2, 0.25) is 0 Å². The van der Waals surface area contributed by atoms with Crippen molar-refractivity contribution >= 4 is 10.1 Å². The van der Waals surface area contributed by atoms with E-state index in [4.69, 9.17) is 0 Å². The molecule has 0 aliphatic rings. The minimum absolute atomic E-state index is 0.0142. The molecule has 0 spiro atoms. The van der Waals surface area contributed by atoms with Gasteiger partial charge in [0.25, 0.3) is 10.1 Å². The van der Waals surface area contributed by atoms with Gasteiger partial charge in [0.15, 0.2) is 0 Å². The van der Waals surface area contributed by atoms with Gasteiger partial charge in [-0.05, 0) is 32.4 Å². The van der Waals surface area contributed by atoms with Crippen LogP contribution in [0.4, 0.5) is 13.2 Å². The molecule has 0 unspecified atom stereocenters. The van der Waals surface area contributed by atoms with Gasteiger partial charge in [-0.25, -0.2) is 0 Å². The van der Waals surface area contributed by atoms with Crippen LogP contribution in [0.3, 0.4) is 0 Å². The van der Waals surface area contributed by atoms with Crippen LogP contribution in [0, 0.1) is 6.92 Å². The van der Waals surface area contributed by atoms with Crippen molar-refractivity contribution in [1.29, 1.82) is 0 Å². The number of benzene rings is 1. The van der Waals surface area contributed by atoms with Crippen molar-refractivity contribution in [2.75, 3.05) is 6.61 Å². The first-order valence-corrected chi connectivity index (χ1v) is 7.24. The van der Waals surface area contributed by atoms with Crippen molar-refractivity contribution in [2.45, 2.75) is 31.3 Å². The van der Waals surface area contributed by atoms with Crippen LogP contribution < -0.4 is 0 Å². The lowest BCUT2D eigenvalue weighted by molar-refractivity contribution is -0.0915. The minimum atomic E-state index is -4.39. The van der Waals surface area contributed by atoms with Crippen LogP contribution in [0.1, 0.15) is 18.9 Å². The fraction of sp³-hybridized carbons (Fsp3) is 0.385. The van der Waals surface area contributed by atoms with Gasteiger partial charge in [-0.1, -0.05) is 23.8 Å². The van der Waals surface area contributed by atoms with Crippen LogP contribution in [0.15, 0.2) is 40.8 Å². The fourth-order valence-corrected chi connectivity index (χ4v) is 2.24. The molecule has 0 bridgehead atoms. The Labute approximate surface area is 116 Å². The van der Waals surface area contributed by atoms with Gasteiger partial charge in [-0.3, -0.25) is 4.18 Å². The first-order valence-electron chi connectivity index (χ1n) is 5.83. The molecule has 20 heavy (non-hydrogen) atoms. The number of allylic oxidation sites excluding steroid dienone is 1. The summed E-state index contributed by atoms with van der Waals surface area (Å²) in [5.74, 6) is 0. The summed E-state index contributed by atoms with van der Waals surface area (Å²) in [4.78, 5) is -0.0142. The van der Waals surface area contributed by atoms with Gasteiger partial charge in [0.05, 0.1) is 11.5 Å². The van der Waals surface area contributed by atoms with Crippen LogP contribution in [-0.4, -0.2) is 21.2 Å². The summed E-state index contributed by atoms with van der Waals surface area (Å²) < 4.78 is 64.7. The van der Waals surface area contributed by atoms with E-state index in [0.717, 1.165) is 18.6 Å². The number of hydrogen-bond acceptors (Lipinski definition) is 3. The maximum absolute atomic E-state index is 12.2. The number of halogens is 3. The van der Waals surface area contributed by atoms with Crippen molar-refractivity contribution in [2.24, 2.45) is 0 Å². The van der Waals surface area contributed by atoms with Crippen LogP contribution >= 0.6 is 0 Å². The van der Waals surface area contributed by atoms with Crippen molar-refractivity contribution < 1.29 is 25.8 Å². The molecule has 3 nitrogen and oxygen atoms in total. The monoisotopic (exact) mass is 308 g/mol. The Morgan fingerprint density at radius 1 is 1.25 bits per heavy atom. The Hall–Kier alpha value is -1.34. The van der Waals surface area contributed by atoms with Gasteiger partial charge in [0, 0.05) is 5.57 Å². The first-order chi connectivity index (χ1) is 9.13. The lowest BCUT2D eigenvalue weighted by atomic mass is 10.2. The van der Waals surface area contributed by atoms with Crippen LogP contribution in [0.5, 0.6) is 0 Å². The van der Waals surface area contributed by atoms with Gasteiger partial charge in [0.2, 0.25) is 0 Å². The molecule has 7 heteroatoms. The second kappa shape index (κ2) is 6.41. The van der Waals surface area contributed by atoms with E-state index in [-0.39, 0.29) is 17.9 Å². The largest absolute Gasteiger partial charge is 0.412 e. The van der Waals surface area contributed by atoms with Gasteiger partial charge in [-0.15, -0.1) is 0 Å². The summed E-state index contributed by atoms with van der Waals surface area (Å²) in [5.41, 5.74) is 0.126. The molecule has 0 aromatic heterocycles. The molecule has 0 aliphatic heterocycles. The molecular formula is C13H15F3O3S. The predicted molar refractivity (Wildman–Crippen MR) is 68.7 cm³/mol. The second-order valence-corrected chi connectivity index (χ2v) is 5.88. The SMILES string of the molecule is C/C(=C/CCOS(=O)(=O)c1ccc(C)cc1)C(F)(F)F. The molecule has 0 heterocycles. The molecule has 0 N–H and O–H groups in total. The van der Waals surface area contributed by atoms with E-state index in [2.05, 4.69) is 4.18 Å². The Kier molecular flexibility index (Phi) is 5.35. The smallest absolute Gasteiger partial charge is 0.266 e. The highest BCUT2D eigenvalue weighted by atomic mass is 32.2. The van der Waals surface area contributed by atoms with Crippen LogP contribution in [0.25, 0.3) is 0 Å². The van der Waals surface area contributed by atoms with E-state index >= 15 is 0 Å². The Morgan fingerprint density at radius 3 is 2.30 bits per heavy atom. The summed E-state index contributed by atoms with van der Waals surface area (Å²) in [6.45, 7) is 2.40. The van der Waals surface area contributed by atoms with Crippen molar-refractivity contribution in [1.82, 2.24) is 0 Å². The molecule has 0 radical (unpaired) electrons. The van der Waals surface area contributed by atoms with Gasteiger partial charge >= 0.3 is 6.18 Å². The zero-order valence-corrected chi connectivity index (χ0v) is 11.9. The van der Waals surface area contributed by atoms with Gasteiger partial charge in [0.1, 0.15) is 0 Å². The lowest BCUT2D eigenvalue weighted by Gasteiger charge is -2.07. The average Bonchev–Trinajstić information content (AvgIpc) is 2.33. The van der Waals surface area contributed by atoms with Gasteiger partial charge < -0.3 is 0 Å². The maximum Gasteiger partial charge on any atom is 0.412 e. The molecule has 1 aromatic carbocycles. The Bertz CT molecular complexity index is 572. The van der Waals surface area contributed by atoms with Crippen LogP contribution in [-0.2, 0) is 14.3 Å². The Morgan fingerprint density at radius 2 is 1.80 bits per heavy atom. The second-order valence-electron chi connectivity index (χ2n) is 4.26. The van der Waals surface area contributed by atoms with Crippen molar-refractivity contribution in [3.8, 4) is 0 Å². The molecule has 0 atom stereocenters. The summed E-state index contributed by atoms with van der Waals surface area (Å²) in [5, 5.41) is 0. The third-order valence-corrected chi connectivity index (χ3v) is 3.89. The van der Waals surface area contributed by atoms with Crippen molar-refractivity contribution in [3.05, 3.63) is 41.5 Å². The normalized spacial score (nSPS) is 13.6. The highest BCUT2D eigenvalue weighted by Gasteiger charge is 2.29.